The highest BCUT2D eigenvalue weighted by Crippen LogP contribution is 2.26. The molecule has 0 aliphatic rings. The summed E-state index contributed by atoms with van der Waals surface area (Å²) in [5.41, 5.74) is 3.11. The fraction of sp³-hybridized carbons (Fsp3) is 0.350. The molecule has 0 fully saturated rings. The molecule has 0 spiro atoms. The molecule has 2 heterocycles. The van der Waals surface area contributed by atoms with Crippen LogP contribution in [0.25, 0.3) is 22.3 Å². The summed E-state index contributed by atoms with van der Waals surface area (Å²) in [4.78, 5) is 17.6. The molecule has 0 atom stereocenters. The van der Waals surface area contributed by atoms with Gasteiger partial charge in [0.15, 0.2) is 5.65 Å². The molecular weight excluding hydrogens is 397 g/mol. The van der Waals surface area contributed by atoms with Gasteiger partial charge < -0.3 is 10.6 Å². The normalized spacial score (nSPS) is 10.4. The van der Waals surface area contributed by atoms with E-state index >= 15 is 0 Å². The molecule has 28 heavy (non-hydrogen) atoms. The van der Waals surface area contributed by atoms with Gasteiger partial charge in [0, 0.05) is 18.2 Å². The molecule has 0 bridgehead atoms. The molecule has 0 aliphatic carbocycles. The molecular formula is C20H27Cl2N5O. The van der Waals surface area contributed by atoms with Gasteiger partial charge in [-0.15, -0.1) is 24.8 Å². The lowest BCUT2D eigenvalue weighted by Crippen LogP contribution is -2.26. The Balaban J connectivity index is 0.00000196. The van der Waals surface area contributed by atoms with E-state index in [1.807, 2.05) is 48.1 Å². The first kappa shape index (κ1) is 23.9. The van der Waals surface area contributed by atoms with Crippen LogP contribution >= 0.6 is 24.8 Å². The summed E-state index contributed by atoms with van der Waals surface area (Å²) >= 11 is 0. The predicted octanol–water partition coefficient (Wildman–Crippen LogP) is 3.86. The van der Waals surface area contributed by atoms with Crippen LogP contribution in [-0.4, -0.2) is 40.8 Å². The fourth-order valence-corrected chi connectivity index (χ4v) is 2.90. The van der Waals surface area contributed by atoms with Crippen molar-refractivity contribution >= 4 is 41.8 Å². The van der Waals surface area contributed by atoms with Crippen molar-refractivity contribution in [2.75, 3.05) is 20.1 Å². The Hall–Kier alpha value is -2.15. The highest BCUT2D eigenvalue weighted by Gasteiger charge is 2.18. The minimum Gasteiger partial charge on any atom is -0.352 e. The summed E-state index contributed by atoms with van der Waals surface area (Å²) in [7, 11) is 1.90. The summed E-state index contributed by atoms with van der Waals surface area (Å²) < 4.78 is 1.86. The van der Waals surface area contributed by atoms with Crippen LogP contribution in [0.4, 0.5) is 0 Å². The zero-order valence-electron chi connectivity index (χ0n) is 16.3. The smallest absolute Gasteiger partial charge is 0.252 e. The van der Waals surface area contributed by atoms with Gasteiger partial charge in [-0.05, 0) is 39.9 Å². The van der Waals surface area contributed by atoms with E-state index in [9.17, 15) is 4.79 Å². The second-order valence-corrected chi connectivity index (χ2v) is 6.55. The van der Waals surface area contributed by atoms with Gasteiger partial charge >= 0.3 is 0 Å². The number of benzene rings is 1. The Morgan fingerprint density at radius 1 is 1.14 bits per heavy atom. The Morgan fingerprint density at radius 3 is 2.50 bits per heavy atom. The third-order valence-electron chi connectivity index (χ3n) is 4.26. The lowest BCUT2D eigenvalue weighted by atomic mass is 10.1. The maximum atomic E-state index is 12.8. The number of nitrogens with zero attached hydrogens (tertiary/aromatic N) is 3. The maximum absolute atomic E-state index is 12.8. The minimum absolute atomic E-state index is 0. The average Bonchev–Trinajstić information content (AvgIpc) is 3.09. The van der Waals surface area contributed by atoms with Crippen LogP contribution in [0, 0.1) is 0 Å². The molecule has 0 radical (unpaired) electrons. The van der Waals surface area contributed by atoms with Crippen molar-refractivity contribution in [3.8, 4) is 11.3 Å². The summed E-state index contributed by atoms with van der Waals surface area (Å²) in [5.74, 6) is -0.0889. The van der Waals surface area contributed by atoms with Crippen molar-refractivity contribution in [2.45, 2.75) is 26.3 Å². The van der Waals surface area contributed by atoms with E-state index in [0.717, 1.165) is 35.3 Å². The Bertz CT molecular complexity index is 896. The molecule has 0 saturated carbocycles. The van der Waals surface area contributed by atoms with Crippen molar-refractivity contribution in [1.82, 2.24) is 25.4 Å². The first-order valence-corrected chi connectivity index (χ1v) is 8.98. The quantitative estimate of drug-likeness (QED) is 0.565. The summed E-state index contributed by atoms with van der Waals surface area (Å²) in [6.45, 7) is 5.61. The average molecular weight is 424 g/mol. The first-order chi connectivity index (χ1) is 12.6. The number of fused-ring (bicyclic) bond motifs is 1. The van der Waals surface area contributed by atoms with Crippen LogP contribution < -0.4 is 10.6 Å². The van der Waals surface area contributed by atoms with Gasteiger partial charge in [0.2, 0.25) is 0 Å². The molecule has 2 aromatic heterocycles. The lowest BCUT2D eigenvalue weighted by Gasteiger charge is -2.11. The van der Waals surface area contributed by atoms with Crippen LogP contribution in [0.3, 0.4) is 0 Å². The van der Waals surface area contributed by atoms with Crippen molar-refractivity contribution in [2.24, 2.45) is 0 Å². The van der Waals surface area contributed by atoms with E-state index in [0.29, 0.717) is 12.1 Å². The number of carbonyl (C=O) groups is 1. The van der Waals surface area contributed by atoms with E-state index < -0.39 is 0 Å². The predicted molar refractivity (Wildman–Crippen MR) is 119 cm³/mol. The van der Waals surface area contributed by atoms with Crippen LogP contribution in [-0.2, 0) is 0 Å². The van der Waals surface area contributed by atoms with E-state index in [1.165, 1.54) is 0 Å². The van der Waals surface area contributed by atoms with Crippen LogP contribution in [0.2, 0.25) is 0 Å². The van der Waals surface area contributed by atoms with E-state index in [4.69, 9.17) is 4.98 Å². The van der Waals surface area contributed by atoms with Crippen molar-refractivity contribution in [1.29, 1.82) is 0 Å². The van der Waals surface area contributed by atoms with E-state index in [-0.39, 0.29) is 36.8 Å². The number of hydrogen-bond donors (Lipinski definition) is 2. The fourth-order valence-electron chi connectivity index (χ4n) is 2.90. The zero-order valence-corrected chi connectivity index (χ0v) is 17.9. The zero-order chi connectivity index (χ0) is 18.5. The topological polar surface area (TPSA) is 71.8 Å². The third kappa shape index (κ3) is 5.22. The molecule has 1 amide bonds. The van der Waals surface area contributed by atoms with Gasteiger partial charge in [-0.25, -0.2) is 9.67 Å². The Morgan fingerprint density at radius 2 is 1.86 bits per heavy atom. The largest absolute Gasteiger partial charge is 0.352 e. The van der Waals surface area contributed by atoms with E-state index in [1.54, 1.807) is 6.20 Å². The van der Waals surface area contributed by atoms with Crippen molar-refractivity contribution in [3.05, 3.63) is 48.2 Å². The number of rotatable bonds is 7. The van der Waals surface area contributed by atoms with E-state index in [2.05, 4.69) is 29.6 Å². The van der Waals surface area contributed by atoms with Gasteiger partial charge in [-0.2, -0.15) is 5.10 Å². The highest BCUT2D eigenvalue weighted by atomic mass is 35.5. The van der Waals surface area contributed by atoms with Gasteiger partial charge in [0.05, 0.1) is 22.8 Å². The van der Waals surface area contributed by atoms with Crippen LogP contribution in [0.15, 0.2) is 42.6 Å². The van der Waals surface area contributed by atoms with Crippen molar-refractivity contribution < 1.29 is 4.79 Å². The number of halogens is 2. The van der Waals surface area contributed by atoms with Gasteiger partial charge in [0.25, 0.3) is 5.91 Å². The first-order valence-electron chi connectivity index (χ1n) is 8.98. The van der Waals surface area contributed by atoms with Crippen LogP contribution in [0.1, 0.15) is 36.7 Å². The maximum Gasteiger partial charge on any atom is 0.252 e. The summed E-state index contributed by atoms with van der Waals surface area (Å²) in [5, 5.41) is 11.3. The minimum atomic E-state index is -0.0889. The number of aromatic nitrogens is 3. The molecule has 3 aromatic rings. The molecule has 8 heteroatoms. The number of nitrogens with one attached hydrogen (secondary N) is 2. The van der Waals surface area contributed by atoms with Gasteiger partial charge in [-0.3, -0.25) is 4.79 Å². The standard InChI is InChI=1S/C20H25N5O.2ClH/c1-14(2)25-19-17(13-23-25)16(20(26)22-11-7-10-21-3)12-18(24-19)15-8-5-4-6-9-15;;/h4-6,8-9,12-14,21H,7,10-11H2,1-3H3,(H,22,26);2*1H. The Labute approximate surface area is 177 Å². The summed E-state index contributed by atoms with van der Waals surface area (Å²) in [6.07, 6.45) is 2.62. The van der Waals surface area contributed by atoms with Gasteiger partial charge in [0.1, 0.15) is 0 Å². The van der Waals surface area contributed by atoms with Gasteiger partial charge in [-0.1, -0.05) is 30.3 Å². The molecule has 3 rings (SSSR count). The SMILES string of the molecule is CNCCCNC(=O)c1cc(-c2ccccc2)nc2c1cnn2C(C)C.Cl.Cl. The monoisotopic (exact) mass is 423 g/mol. The third-order valence-corrected chi connectivity index (χ3v) is 4.26. The number of pyridine rings is 1. The molecule has 2 N–H and O–H groups in total. The highest BCUT2D eigenvalue weighted by molar-refractivity contribution is 6.06. The summed E-state index contributed by atoms with van der Waals surface area (Å²) in [6, 6.07) is 11.9. The molecule has 0 aliphatic heterocycles. The molecule has 0 unspecified atom stereocenters. The number of carbonyl (C=O) groups excluding carboxylic acids is 1. The molecule has 152 valence electrons. The van der Waals surface area contributed by atoms with Crippen molar-refractivity contribution in [3.63, 3.8) is 0 Å². The number of amides is 1. The van der Waals surface area contributed by atoms with Crippen LogP contribution in [0.5, 0.6) is 0 Å². The molecule has 6 nitrogen and oxygen atoms in total. The molecule has 1 aromatic carbocycles. The molecule has 0 saturated heterocycles. The number of hydrogen-bond acceptors (Lipinski definition) is 4. The Kier molecular flexibility index (Phi) is 9.38. The second kappa shape index (κ2) is 11.0. The lowest BCUT2D eigenvalue weighted by molar-refractivity contribution is 0.0955. The second-order valence-electron chi connectivity index (χ2n) is 6.55.